The smallest absolute Gasteiger partial charge is 0.273 e. The quantitative estimate of drug-likeness (QED) is 0.610. The molecule has 1 aromatic rings. The van der Waals surface area contributed by atoms with Crippen LogP contribution in [0.5, 0.6) is 0 Å². The van der Waals surface area contributed by atoms with Gasteiger partial charge in [0.15, 0.2) is 0 Å². The van der Waals surface area contributed by atoms with E-state index in [9.17, 15) is 14.9 Å². The fourth-order valence-corrected chi connectivity index (χ4v) is 2.53. The molecule has 21 heavy (non-hydrogen) atoms. The molecular weight excluding hydrogens is 272 g/mol. The van der Waals surface area contributed by atoms with E-state index in [0.29, 0.717) is 31.7 Å². The first-order valence-corrected chi connectivity index (χ1v) is 7.08. The number of rotatable bonds is 5. The van der Waals surface area contributed by atoms with E-state index in [2.05, 4.69) is 10.6 Å². The molecule has 1 atom stereocenters. The van der Waals surface area contributed by atoms with Gasteiger partial charge in [0, 0.05) is 44.4 Å². The first kappa shape index (κ1) is 15.4. The molecule has 1 fully saturated rings. The number of para-hydroxylation sites is 1. The van der Waals surface area contributed by atoms with Crippen molar-refractivity contribution < 1.29 is 9.72 Å². The minimum absolute atomic E-state index is 0.0386. The van der Waals surface area contributed by atoms with Gasteiger partial charge in [-0.15, -0.1) is 0 Å². The first-order chi connectivity index (χ1) is 10.1. The summed E-state index contributed by atoms with van der Waals surface area (Å²) in [4.78, 5) is 24.8. The van der Waals surface area contributed by atoms with Crippen LogP contribution >= 0.6 is 0 Å². The number of nitrogens with one attached hydrogen (secondary N) is 2. The van der Waals surface area contributed by atoms with Crippen LogP contribution in [0.2, 0.25) is 0 Å². The highest BCUT2D eigenvalue weighted by atomic mass is 16.6. The van der Waals surface area contributed by atoms with E-state index in [1.807, 2.05) is 11.8 Å². The molecule has 0 radical (unpaired) electrons. The molecular formula is C14H20N4O3. The topological polar surface area (TPSA) is 87.5 Å². The number of benzene rings is 1. The molecule has 7 heteroatoms. The molecule has 1 aromatic carbocycles. The van der Waals surface area contributed by atoms with E-state index in [-0.39, 0.29) is 22.6 Å². The number of likely N-dealkylation sites (N-methyl/N-ethyl adjacent to an activating group) is 1. The maximum atomic E-state index is 12.1. The molecule has 114 valence electrons. The molecule has 1 unspecified atom stereocenters. The third kappa shape index (κ3) is 3.77. The van der Waals surface area contributed by atoms with Gasteiger partial charge in [0.25, 0.3) is 5.69 Å². The summed E-state index contributed by atoms with van der Waals surface area (Å²) in [5.41, 5.74) is 0.740. The van der Waals surface area contributed by atoms with Crippen molar-refractivity contribution in [1.29, 1.82) is 0 Å². The monoisotopic (exact) mass is 292 g/mol. The summed E-state index contributed by atoms with van der Waals surface area (Å²) in [6, 6.07) is 6.39. The molecule has 0 spiro atoms. The highest BCUT2D eigenvalue weighted by molar-refractivity contribution is 5.82. The van der Waals surface area contributed by atoms with Gasteiger partial charge in [0.1, 0.15) is 6.04 Å². The van der Waals surface area contributed by atoms with Gasteiger partial charge < -0.3 is 10.6 Å². The van der Waals surface area contributed by atoms with Gasteiger partial charge in [0.2, 0.25) is 5.91 Å². The Morgan fingerprint density at radius 2 is 2.29 bits per heavy atom. The van der Waals surface area contributed by atoms with Crippen LogP contribution < -0.4 is 10.6 Å². The van der Waals surface area contributed by atoms with Crippen LogP contribution in [0, 0.1) is 10.1 Å². The van der Waals surface area contributed by atoms with Crippen LogP contribution in [-0.4, -0.2) is 48.0 Å². The lowest BCUT2D eigenvalue weighted by atomic mass is 10.1. The molecule has 1 heterocycles. The van der Waals surface area contributed by atoms with Crippen molar-refractivity contribution in [3.63, 3.8) is 0 Å². The van der Waals surface area contributed by atoms with Crippen LogP contribution in [0.15, 0.2) is 24.3 Å². The van der Waals surface area contributed by atoms with Gasteiger partial charge in [0.05, 0.1) is 4.92 Å². The average molecular weight is 292 g/mol. The number of hydrogen-bond donors (Lipinski definition) is 2. The lowest BCUT2D eigenvalue weighted by molar-refractivity contribution is -0.385. The molecule has 1 amide bonds. The summed E-state index contributed by atoms with van der Waals surface area (Å²) in [7, 11) is 0. The maximum absolute atomic E-state index is 12.1. The van der Waals surface area contributed by atoms with E-state index in [1.165, 1.54) is 6.07 Å². The minimum atomic E-state index is -0.376. The molecule has 2 rings (SSSR count). The summed E-state index contributed by atoms with van der Waals surface area (Å²) >= 11 is 0. The third-order valence-electron chi connectivity index (χ3n) is 3.57. The van der Waals surface area contributed by atoms with E-state index < -0.39 is 0 Å². The fraction of sp³-hybridized carbons (Fsp3) is 0.500. The minimum Gasteiger partial charge on any atom is -0.355 e. The summed E-state index contributed by atoms with van der Waals surface area (Å²) < 4.78 is 0. The zero-order valence-corrected chi connectivity index (χ0v) is 12.0. The van der Waals surface area contributed by atoms with Crippen molar-refractivity contribution in [3.05, 3.63) is 39.9 Å². The van der Waals surface area contributed by atoms with Crippen molar-refractivity contribution in [2.45, 2.75) is 19.5 Å². The van der Waals surface area contributed by atoms with Crippen molar-refractivity contribution in [2.24, 2.45) is 0 Å². The molecule has 2 N–H and O–H groups in total. The van der Waals surface area contributed by atoms with Crippen LogP contribution in [0.3, 0.4) is 0 Å². The second-order valence-electron chi connectivity index (χ2n) is 4.97. The predicted molar refractivity (Wildman–Crippen MR) is 78.8 cm³/mol. The number of carbonyl (C=O) groups excluding carboxylic acids is 1. The van der Waals surface area contributed by atoms with Gasteiger partial charge in [-0.25, -0.2) is 0 Å². The van der Waals surface area contributed by atoms with Gasteiger partial charge >= 0.3 is 0 Å². The summed E-state index contributed by atoms with van der Waals surface area (Å²) in [5.74, 6) is -0.0386. The summed E-state index contributed by atoms with van der Waals surface area (Å²) in [6.45, 7) is 4.88. The van der Waals surface area contributed by atoms with Gasteiger partial charge in [-0.1, -0.05) is 18.2 Å². The second kappa shape index (κ2) is 7.14. The molecule has 0 bridgehead atoms. The second-order valence-corrected chi connectivity index (χ2v) is 4.97. The van der Waals surface area contributed by atoms with E-state index >= 15 is 0 Å². The Kier molecular flexibility index (Phi) is 5.24. The largest absolute Gasteiger partial charge is 0.355 e. The van der Waals surface area contributed by atoms with Gasteiger partial charge in [-0.3, -0.25) is 19.8 Å². The fourth-order valence-electron chi connectivity index (χ4n) is 2.53. The van der Waals surface area contributed by atoms with E-state index in [1.54, 1.807) is 18.2 Å². The number of amides is 1. The Morgan fingerprint density at radius 3 is 3.00 bits per heavy atom. The lowest BCUT2D eigenvalue weighted by Crippen LogP contribution is -2.57. The van der Waals surface area contributed by atoms with Crippen LogP contribution in [0.4, 0.5) is 5.69 Å². The molecule has 0 aliphatic carbocycles. The van der Waals surface area contributed by atoms with Gasteiger partial charge in [-0.2, -0.15) is 0 Å². The maximum Gasteiger partial charge on any atom is 0.273 e. The zero-order valence-electron chi connectivity index (χ0n) is 12.0. The Morgan fingerprint density at radius 1 is 1.52 bits per heavy atom. The van der Waals surface area contributed by atoms with E-state index in [0.717, 1.165) is 6.54 Å². The van der Waals surface area contributed by atoms with Crippen molar-refractivity contribution in [2.75, 3.05) is 26.2 Å². The molecule has 0 aromatic heterocycles. The third-order valence-corrected chi connectivity index (χ3v) is 3.57. The Labute approximate surface area is 123 Å². The highest BCUT2D eigenvalue weighted by Gasteiger charge is 2.29. The number of hydrogen-bond acceptors (Lipinski definition) is 5. The number of carbonyl (C=O) groups is 1. The van der Waals surface area contributed by atoms with Gasteiger partial charge in [-0.05, 0) is 6.92 Å². The predicted octanol–water partition coefficient (Wildman–Crippen LogP) is 0.505. The average Bonchev–Trinajstić information content (AvgIpc) is 2.48. The number of piperazine rings is 1. The number of nitro groups is 1. The lowest BCUT2D eigenvalue weighted by Gasteiger charge is -2.34. The van der Waals surface area contributed by atoms with E-state index in [4.69, 9.17) is 0 Å². The zero-order chi connectivity index (χ0) is 15.2. The molecule has 1 saturated heterocycles. The first-order valence-electron chi connectivity index (χ1n) is 7.08. The number of nitrogens with zero attached hydrogens (tertiary/aromatic N) is 2. The van der Waals surface area contributed by atoms with Crippen LogP contribution in [0.1, 0.15) is 12.5 Å². The van der Waals surface area contributed by atoms with Crippen LogP contribution in [0.25, 0.3) is 0 Å². The standard InChI is InChI=1S/C14H20N4O3/c1-2-16-14(19)13-9-15-7-8-17(13)10-11-5-3-4-6-12(11)18(20)21/h3-6,13,15H,2,7-10H2,1H3,(H,16,19). The molecule has 1 aliphatic heterocycles. The molecule has 1 aliphatic rings. The Hall–Kier alpha value is -1.99. The Balaban J connectivity index is 2.16. The van der Waals surface area contributed by atoms with Crippen LogP contribution in [-0.2, 0) is 11.3 Å². The summed E-state index contributed by atoms with van der Waals surface area (Å²) in [6.07, 6.45) is 0. The SMILES string of the molecule is CCNC(=O)C1CNCCN1Cc1ccccc1[N+](=O)[O-]. The van der Waals surface area contributed by atoms with Crippen molar-refractivity contribution in [1.82, 2.24) is 15.5 Å². The highest BCUT2D eigenvalue weighted by Crippen LogP contribution is 2.21. The Bertz CT molecular complexity index is 521. The van der Waals surface area contributed by atoms with Crippen molar-refractivity contribution >= 4 is 11.6 Å². The molecule has 0 saturated carbocycles. The molecule has 7 nitrogen and oxygen atoms in total. The normalized spacial score (nSPS) is 19.2. The number of nitro benzene ring substituents is 1. The van der Waals surface area contributed by atoms with Crippen molar-refractivity contribution in [3.8, 4) is 0 Å². The summed E-state index contributed by atoms with van der Waals surface area (Å²) in [5, 5.41) is 17.1.